The van der Waals surface area contributed by atoms with E-state index in [-0.39, 0.29) is 17.5 Å². The van der Waals surface area contributed by atoms with Crippen molar-refractivity contribution in [1.29, 1.82) is 0 Å². The predicted molar refractivity (Wildman–Crippen MR) is 138 cm³/mol. The molecule has 2 saturated carbocycles. The molecule has 6 atom stereocenters. The average molecular weight is 475 g/mol. The van der Waals surface area contributed by atoms with Gasteiger partial charge in [0.05, 0.1) is 11.0 Å². The third-order valence-corrected chi connectivity index (χ3v) is 10.0. The first kappa shape index (κ1) is 22.0. The molecule has 2 aromatic rings. The van der Waals surface area contributed by atoms with Crippen molar-refractivity contribution in [2.45, 2.75) is 108 Å². The minimum atomic E-state index is -0.0670. The van der Waals surface area contributed by atoms with E-state index in [0.717, 1.165) is 48.2 Å². The number of rotatable bonds is 3. The molecule has 6 heteroatoms. The third-order valence-electron chi connectivity index (χ3n) is 10.0. The number of piperidine rings is 2. The number of para-hydroxylation sites is 2. The SMILES string of the molecule is O=C1CCCN1c1nc2ccccc2n(C2C[C@H]3CCC[C@@H](C2)N3C2C[C@H]3CCC[C@@H](C2)C3)c1=O. The van der Waals surface area contributed by atoms with Gasteiger partial charge in [-0.05, 0) is 75.3 Å². The van der Waals surface area contributed by atoms with Crippen molar-refractivity contribution in [1.82, 2.24) is 14.5 Å². The second-order valence-electron chi connectivity index (χ2n) is 12.1. The molecule has 1 aromatic carbocycles. The Labute approximate surface area is 207 Å². The number of benzene rings is 1. The molecule has 5 fully saturated rings. The van der Waals surface area contributed by atoms with E-state index in [0.29, 0.717) is 30.9 Å². The van der Waals surface area contributed by atoms with Crippen LogP contribution < -0.4 is 10.5 Å². The third kappa shape index (κ3) is 3.75. The Hall–Kier alpha value is -2.21. The Balaban J connectivity index is 1.24. The maximum absolute atomic E-state index is 13.9. The van der Waals surface area contributed by atoms with Crippen LogP contribution in [0.5, 0.6) is 0 Å². The van der Waals surface area contributed by atoms with E-state index in [1.54, 1.807) is 4.90 Å². The Bertz CT molecular complexity index is 1160. The van der Waals surface area contributed by atoms with Crippen LogP contribution in [0.2, 0.25) is 0 Å². The molecule has 4 heterocycles. The first-order chi connectivity index (χ1) is 17.2. The average Bonchev–Trinajstić information content (AvgIpc) is 3.28. The van der Waals surface area contributed by atoms with E-state index in [2.05, 4.69) is 4.90 Å². The maximum Gasteiger partial charge on any atom is 0.294 e. The van der Waals surface area contributed by atoms with Crippen LogP contribution in [0, 0.1) is 11.8 Å². The van der Waals surface area contributed by atoms with Gasteiger partial charge in [0.25, 0.3) is 5.56 Å². The lowest BCUT2D eigenvalue weighted by molar-refractivity contribution is -0.117. The number of carbonyl (C=O) groups is 1. The van der Waals surface area contributed by atoms with Crippen molar-refractivity contribution in [3.8, 4) is 0 Å². The van der Waals surface area contributed by atoms with E-state index in [9.17, 15) is 9.59 Å². The summed E-state index contributed by atoms with van der Waals surface area (Å²) in [5.74, 6) is 2.27. The first-order valence-electron chi connectivity index (χ1n) is 14.2. The van der Waals surface area contributed by atoms with Crippen molar-refractivity contribution in [3.63, 3.8) is 0 Å². The standard InChI is InChI=1S/C29H38N4O2/c34-27-12-5-13-31(27)28-29(35)33(26-11-2-1-10-25(26)30-28)24-17-21-8-4-9-22(18-24)32(21)23-15-19-6-3-7-20(14-19)16-23/h1-2,10-11,19-24H,3-9,12-18H2/t19-,20+,21-,22+,23?,24?. The number of hydrogen-bond acceptors (Lipinski definition) is 4. The topological polar surface area (TPSA) is 58.4 Å². The Morgan fingerprint density at radius 3 is 2.17 bits per heavy atom. The summed E-state index contributed by atoms with van der Waals surface area (Å²) in [6, 6.07) is 10.1. The van der Waals surface area contributed by atoms with Gasteiger partial charge in [-0.15, -0.1) is 0 Å². The fourth-order valence-electron chi connectivity index (χ4n) is 8.69. The van der Waals surface area contributed by atoms with Crippen LogP contribution in [0.25, 0.3) is 11.0 Å². The fraction of sp³-hybridized carbons (Fsp3) is 0.690. The highest BCUT2D eigenvalue weighted by atomic mass is 16.2. The molecule has 0 N–H and O–H groups in total. The zero-order chi connectivity index (χ0) is 23.5. The number of nitrogens with zero attached hydrogens (tertiary/aromatic N) is 4. The monoisotopic (exact) mass is 474 g/mol. The molecule has 3 aliphatic heterocycles. The van der Waals surface area contributed by atoms with Crippen molar-refractivity contribution in [2.75, 3.05) is 11.4 Å². The number of aromatic nitrogens is 2. The van der Waals surface area contributed by atoms with Gasteiger partial charge in [-0.25, -0.2) is 4.98 Å². The molecule has 5 aliphatic rings. The summed E-state index contributed by atoms with van der Waals surface area (Å²) in [4.78, 5) is 35.8. The molecule has 0 radical (unpaired) electrons. The molecule has 1 amide bonds. The zero-order valence-electron chi connectivity index (χ0n) is 20.8. The van der Waals surface area contributed by atoms with Crippen LogP contribution in [-0.4, -0.2) is 45.0 Å². The number of fused-ring (bicyclic) bond motifs is 5. The van der Waals surface area contributed by atoms with Crippen LogP contribution in [0.15, 0.2) is 29.1 Å². The highest BCUT2D eigenvalue weighted by molar-refractivity contribution is 5.95. The largest absolute Gasteiger partial charge is 0.300 e. The van der Waals surface area contributed by atoms with Gasteiger partial charge in [-0.1, -0.05) is 37.8 Å². The lowest BCUT2D eigenvalue weighted by Crippen LogP contribution is -2.58. The smallest absolute Gasteiger partial charge is 0.294 e. The minimum absolute atomic E-state index is 0.0333. The fourth-order valence-corrected chi connectivity index (χ4v) is 8.69. The summed E-state index contributed by atoms with van der Waals surface area (Å²) in [7, 11) is 0. The summed E-state index contributed by atoms with van der Waals surface area (Å²) in [6.45, 7) is 0.604. The zero-order valence-corrected chi connectivity index (χ0v) is 20.8. The predicted octanol–water partition coefficient (Wildman–Crippen LogP) is 5.05. The number of carbonyl (C=O) groups excluding carboxylic acids is 1. The lowest BCUT2D eigenvalue weighted by atomic mass is 9.68. The van der Waals surface area contributed by atoms with Crippen LogP contribution >= 0.6 is 0 Å². The van der Waals surface area contributed by atoms with Gasteiger partial charge in [-0.2, -0.15) is 0 Å². The van der Waals surface area contributed by atoms with Crippen molar-refractivity contribution in [2.24, 2.45) is 11.8 Å². The lowest BCUT2D eigenvalue weighted by Gasteiger charge is -2.55. The van der Waals surface area contributed by atoms with Crippen LogP contribution in [0.1, 0.15) is 89.5 Å². The Kier molecular flexibility index (Phi) is 5.49. The molecule has 3 saturated heterocycles. The van der Waals surface area contributed by atoms with Gasteiger partial charge in [0.15, 0.2) is 0 Å². The maximum atomic E-state index is 13.9. The quantitative estimate of drug-likeness (QED) is 0.625. The molecule has 2 aliphatic carbocycles. The van der Waals surface area contributed by atoms with Gasteiger partial charge < -0.3 is 4.57 Å². The molecule has 4 bridgehead atoms. The summed E-state index contributed by atoms with van der Waals surface area (Å²) in [5.41, 5.74) is 1.69. The molecule has 35 heavy (non-hydrogen) atoms. The highest BCUT2D eigenvalue weighted by Gasteiger charge is 2.45. The summed E-state index contributed by atoms with van der Waals surface area (Å²) < 4.78 is 2.04. The molecule has 6 nitrogen and oxygen atoms in total. The second-order valence-corrected chi connectivity index (χ2v) is 12.1. The minimum Gasteiger partial charge on any atom is -0.300 e. The molecular formula is C29H38N4O2. The molecule has 7 rings (SSSR count). The van der Waals surface area contributed by atoms with E-state index < -0.39 is 0 Å². The van der Waals surface area contributed by atoms with Gasteiger partial charge in [0.1, 0.15) is 0 Å². The van der Waals surface area contributed by atoms with Gasteiger partial charge >= 0.3 is 0 Å². The molecule has 2 unspecified atom stereocenters. The Morgan fingerprint density at radius 2 is 1.46 bits per heavy atom. The van der Waals surface area contributed by atoms with Crippen molar-refractivity contribution < 1.29 is 4.79 Å². The first-order valence-corrected chi connectivity index (χ1v) is 14.2. The van der Waals surface area contributed by atoms with Crippen LogP contribution in [-0.2, 0) is 4.79 Å². The number of anilines is 1. The summed E-state index contributed by atoms with van der Waals surface area (Å²) in [6.07, 6.45) is 15.8. The highest BCUT2D eigenvalue weighted by Crippen LogP contribution is 2.47. The van der Waals surface area contributed by atoms with Crippen molar-refractivity contribution in [3.05, 3.63) is 34.6 Å². The second kappa shape index (κ2) is 8.72. The summed E-state index contributed by atoms with van der Waals surface area (Å²) in [5, 5.41) is 0. The molecular weight excluding hydrogens is 436 g/mol. The number of hydrogen-bond donors (Lipinski definition) is 0. The Morgan fingerprint density at radius 1 is 0.743 bits per heavy atom. The van der Waals surface area contributed by atoms with Crippen LogP contribution in [0.4, 0.5) is 5.82 Å². The molecule has 186 valence electrons. The number of amides is 1. The normalized spacial score (nSPS) is 35.5. The van der Waals surface area contributed by atoms with E-state index in [4.69, 9.17) is 4.98 Å². The molecule has 0 spiro atoms. The van der Waals surface area contributed by atoms with Gasteiger partial charge in [0, 0.05) is 37.1 Å². The van der Waals surface area contributed by atoms with Crippen LogP contribution in [0.3, 0.4) is 0 Å². The van der Waals surface area contributed by atoms with E-state index in [1.165, 1.54) is 57.8 Å². The van der Waals surface area contributed by atoms with Gasteiger partial charge in [-0.3, -0.25) is 19.4 Å². The summed E-state index contributed by atoms with van der Waals surface area (Å²) >= 11 is 0. The molecule has 1 aromatic heterocycles. The van der Waals surface area contributed by atoms with E-state index in [1.807, 2.05) is 28.8 Å². The van der Waals surface area contributed by atoms with Gasteiger partial charge in [0.2, 0.25) is 11.7 Å². The van der Waals surface area contributed by atoms with Crippen molar-refractivity contribution >= 4 is 22.8 Å². The van der Waals surface area contributed by atoms with E-state index >= 15 is 0 Å².